The first kappa shape index (κ1) is 17.2. The number of hydrogen-bond acceptors (Lipinski definition) is 6. The van der Waals surface area contributed by atoms with E-state index in [1.165, 1.54) is 18.0 Å². The van der Waals surface area contributed by atoms with E-state index in [1.54, 1.807) is 23.7 Å². The van der Waals surface area contributed by atoms with Crippen LogP contribution in [0.25, 0.3) is 11.4 Å². The number of thiophene rings is 1. The van der Waals surface area contributed by atoms with Crippen molar-refractivity contribution >= 4 is 17.2 Å². The number of nitrogens with zero attached hydrogens (tertiary/aromatic N) is 3. The summed E-state index contributed by atoms with van der Waals surface area (Å²) in [7, 11) is 0. The van der Waals surface area contributed by atoms with Gasteiger partial charge in [0.1, 0.15) is 0 Å². The highest BCUT2D eigenvalue weighted by molar-refractivity contribution is 7.07. The molecule has 0 aliphatic heterocycles. The Hall–Kier alpha value is -2.64. The molecule has 2 N–H and O–H groups in total. The van der Waals surface area contributed by atoms with Gasteiger partial charge in [0.05, 0.1) is 5.56 Å². The number of carbonyl (C=O) groups excluding carboxylic acids is 1. The lowest BCUT2D eigenvalue weighted by molar-refractivity contribution is 0.0939. The maximum Gasteiger partial charge on any atom is 0.254 e. The van der Waals surface area contributed by atoms with Gasteiger partial charge in [-0.2, -0.15) is 11.3 Å². The molecule has 128 valence electrons. The monoisotopic (exact) mass is 354 g/mol. The molecule has 1 amide bonds. The van der Waals surface area contributed by atoms with Crippen molar-refractivity contribution in [1.29, 1.82) is 0 Å². The molecule has 0 aromatic carbocycles. The Morgan fingerprint density at radius 2 is 1.96 bits per heavy atom. The molecule has 0 saturated heterocycles. The molecule has 0 unspecified atom stereocenters. The van der Waals surface area contributed by atoms with Crippen LogP contribution in [0.3, 0.4) is 0 Å². The Balaban J connectivity index is 1.57. The van der Waals surface area contributed by atoms with E-state index < -0.39 is 0 Å². The quantitative estimate of drug-likeness (QED) is 0.679. The second kappa shape index (κ2) is 8.46. The van der Waals surface area contributed by atoms with E-state index in [1.807, 2.05) is 23.6 Å². The average molecular weight is 354 g/mol. The molecule has 0 radical (unpaired) electrons. The Morgan fingerprint density at radius 1 is 1.20 bits per heavy atom. The van der Waals surface area contributed by atoms with Crippen LogP contribution in [0.1, 0.15) is 15.9 Å². The van der Waals surface area contributed by atoms with Gasteiger partial charge in [-0.1, -0.05) is 0 Å². The fourth-order valence-electron chi connectivity index (χ4n) is 2.38. The van der Waals surface area contributed by atoms with Crippen LogP contribution in [0, 0.1) is 5.92 Å². The third kappa shape index (κ3) is 4.68. The van der Waals surface area contributed by atoms with Crippen LogP contribution in [0.15, 0.2) is 53.7 Å². The van der Waals surface area contributed by atoms with Crippen LogP contribution in [0.2, 0.25) is 0 Å². The van der Waals surface area contributed by atoms with Gasteiger partial charge in [-0.3, -0.25) is 9.78 Å². The third-order valence-corrected chi connectivity index (χ3v) is 4.50. The van der Waals surface area contributed by atoms with E-state index in [0.29, 0.717) is 17.9 Å². The second-order valence-electron chi connectivity index (χ2n) is 5.63. The minimum atomic E-state index is -0.245. The molecule has 3 aromatic heterocycles. The minimum Gasteiger partial charge on any atom is -0.396 e. The average Bonchev–Trinajstić information content (AvgIpc) is 3.19. The van der Waals surface area contributed by atoms with Crippen molar-refractivity contribution in [3.8, 4) is 11.4 Å². The van der Waals surface area contributed by atoms with Gasteiger partial charge in [0.2, 0.25) is 0 Å². The van der Waals surface area contributed by atoms with E-state index in [0.717, 1.165) is 12.0 Å². The van der Waals surface area contributed by atoms with Gasteiger partial charge in [0.15, 0.2) is 5.82 Å². The molecule has 25 heavy (non-hydrogen) atoms. The number of nitrogens with one attached hydrogen (secondary N) is 1. The van der Waals surface area contributed by atoms with Crippen molar-refractivity contribution in [2.45, 2.75) is 6.42 Å². The predicted molar refractivity (Wildman–Crippen MR) is 96.2 cm³/mol. The molecule has 3 rings (SSSR count). The largest absolute Gasteiger partial charge is 0.396 e. The molecule has 0 spiro atoms. The van der Waals surface area contributed by atoms with Crippen molar-refractivity contribution in [2.24, 2.45) is 5.92 Å². The summed E-state index contributed by atoms with van der Waals surface area (Å²) in [4.78, 5) is 24.6. The number of rotatable bonds is 7. The second-order valence-corrected chi connectivity index (χ2v) is 6.41. The molecule has 0 aliphatic rings. The van der Waals surface area contributed by atoms with Gasteiger partial charge in [-0.15, -0.1) is 0 Å². The van der Waals surface area contributed by atoms with Crippen LogP contribution < -0.4 is 5.32 Å². The molecular formula is C18H18N4O2S. The van der Waals surface area contributed by atoms with Crippen LogP contribution >= 0.6 is 11.3 Å². The van der Waals surface area contributed by atoms with Crippen molar-refractivity contribution in [1.82, 2.24) is 20.3 Å². The SMILES string of the molecule is O=C(NC[C@@H](CO)Cc1ccsc1)c1cnc(-c2ccncc2)nc1. The molecule has 1 atom stereocenters. The Morgan fingerprint density at radius 3 is 2.60 bits per heavy atom. The van der Waals surface area contributed by atoms with Crippen molar-refractivity contribution in [3.05, 3.63) is 64.9 Å². The van der Waals surface area contributed by atoms with Gasteiger partial charge >= 0.3 is 0 Å². The van der Waals surface area contributed by atoms with Crippen molar-refractivity contribution in [3.63, 3.8) is 0 Å². The van der Waals surface area contributed by atoms with E-state index in [2.05, 4.69) is 25.6 Å². The summed E-state index contributed by atoms with van der Waals surface area (Å²) >= 11 is 1.62. The fourth-order valence-corrected chi connectivity index (χ4v) is 3.06. The van der Waals surface area contributed by atoms with Crippen LogP contribution in [0.5, 0.6) is 0 Å². The molecule has 0 bridgehead atoms. The number of aliphatic hydroxyl groups excluding tert-OH is 1. The summed E-state index contributed by atoms with van der Waals surface area (Å²) in [6, 6.07) is 5.65. The summed E-state index contributed by atoms with van der Waals surface area (Å²) in [6.45, 7) is 0.422. The number of carbonyl (C=O) groups is 1. The summed E-state index contributed by atoms with van der Waals surface area (Å²) in [6.07, 6.45) is 7.08. The number of aliphatic hydroxyl groups is 1. The molecule has 7 heteroatoms. The zero-order valence-corrected chi connectivity index (χ0v) is 14.3. The van der Waals surface area contributed by atoms with Gasteiger partial charge < -0.3 is 10.4 Å². The summed E-state index contributed by atoms with van der Waals surface area (Å²) < 4.78 is 0. The lowest BCUT2D eigenvalue weighted by Gasteiger charge is -2.14. The lowest BCUT2D eigenvalue weighted by Crippen LogP contribution is -2.32. The summed E-state index contributed by atoms with van der Waals surface area (Å²) in [5.41, 5.74) is 2.41. The van der Waals surface area contributed by atoms with Crippen LogP contribution in [0.4, 0.5) is 0 Å². The number of hydrogen-bond donors (Lipinski definition) is 2. The van der Waals surface area contributed by atoms with E-state index in [9.17, 15) is 9.90 Å². The van der Waals surface area contributed by atoms with Gasteiger partial charge in [0.25, 0.3) is 5.91 Å². The van der Waals surface area contributed by atoms with E-state index >= 15 is 0 Å². The fraction of sp³-hybridized carbons (Fsp3) is 0.222. The van der Waals surface area contributed by atoms with Gasteiger partial charge in [0, 0.05) is 49.4 Å². The number of aromatic nitrogens is 3. The molecular weight excluding hydrogens is 336 g/mol. The minimum absolute atomic E-state index is 0.0180. The molecule has 0 fully saturated rings. The van der Waals surface area contributed by atoms with E-state index in [4.69, 9.17) is 0 Å². The molecule has 0 aliphatic carbocycles. The van der Waals surface area contributed by atoms with Crippen LogP contribution in [-0.2, 0) is 6.42 Å². The highest BCUT2D eigenvalue weighted by Gasteiger charge is 2.13. The first-order chi connectivity index (χ1) is 12.3. The lowest BCUT2D eigenvalue weighted by atomic mass is 10.0. The first-order valence-electron chi connectivity index (χ1n) is 7.89. The van der Waals surface area contributed by atoms with Crippen molar-refractivity contribution < 1.29 is 9.90 Å². The van der Waals surface area contributed by atoms with Crippen molar-refractivity contribution in [2.75, 3.05) is 13.2 Å². The van der Waals surface area contributed by atoms with Gasteiger partial charge in [-0.05, 0) is 40.9 Å². The molecule has 3 heterocycles. The molecule has 0 saturated carbocycles. The maximum atomic E-state index is 12.2. The first-order valence-corrected chi connectivity index (χ1v) is 8.83. The highest BCUT2D eigenvalue weighted by atomic mass is 32.1. The highest BCUT2D eigenvalue weighted by Crippen LogP contribution is 2.13. The number of amides is 1. The van der Waals surface area contributed by atoms with Gasteiger partial charge in [-0.25, -0.2) is 9.97 Å². The van der Waals surface area contributed by atoms with Crippen LogP contribution in [-0.4, -0.2) is 39.1 Å². The Kier molecular flexibility index (Phi) is 5.81. The summed E-state index contributed by atoms with van der Waals surface area (Å²) in [5, 5.41) is 16.4. The number of pyridine rings is 1. The maximum absolute atomic E-state index is 12.2. The Labute approximate surface area is 149 Å². The zero-order chi connectivity index (χ0) is 17.5. The molecule has 3 aromatic rings. The topological polar surface area (TPSA) is 88.0 Å². The third-order valence-electron chi connectivity index (χ3n) is 3.77. The van der Waals surface area contributed by atoms with E-state index in [-0.39, 0.29) is 18.4 Å². The Bertz CT molecular complexity index is 792. The smallest absolute Gasteiger partial charge is 0.254 e. The summed E-state index contributed by atoms with van der Waals surface area (Å²) in [5.74, 6) is 0.283. The molecule has 6 nitrogen and oxygen atoms in total. The zero-order valence-electron chi connectivity index (χ0n) is 13.5. The predicted octanol–water partition coefficient (Wildman–Crippen LogP) is 2.18. The normalized spacial score (nSPS) is 11.9. The standard InChI is InChI=1S/C18H18N4O2S/c23-11-14(7-13-3-6-25-12-13)8-22-18(24)16-9-20-17(21-10-16)15-1-4-19-5-2-15/h1-6,9-10,12,14,23H,7-8,11H2,(H,22,24)/t14-/m0/s1.